The molecule has 0 saturated heterocycles. The van der Waals surface area contributed by atoms with Crippen molar-refractivity contribution in [2.45, 2.75) is 19.3 Å². The fourth-order valence-corrected chi connectivity index (χ4v) is 8.72. The van der Waals surface area contributed by atoms with Crippen molar-refractivity contribution in [3.05, 3.63) is 211 Å². The summed E-state index contributed by atoms with van der Waals surface area (Å²) in [5.41, 5.74) is 15.8. The van der Waals surface area contributed by atoms with Crippen molar-refractivity contribution >= 4 is 38.6 Å². The van der Waals surface area contributed by atoms with Gasteiger partial charge in [-0.1, -0.05) is 178 Å². The number of benzene rings is 9. The van der Waals surface area contributed by atoms with Crippen LogP contribution in [0.25, 0.3) is 66.1 Å². The largest absolute Gasteiger partial charge is 0.309 e. The Morgan fingerprint density at radius 1 is 0.352 bits per heavy atom. The first-order chi connectivity index (χ1) is 26.5. The first-order valence-corrected chi connectivity index (χ1v) is 18.8. The van der Waals surface area contributed by atoms with E-state index in [1.54, 1.807) is 0 Å². The summed E-state index contributed by atoms with van der Waals surface area (Å²) in [7, 11) is 0. The zero-order valence-corrected chi connectivity index (χ0v) is 30.5. The van der Waals surface area contributed by atoms with Gasteiger partial charge in [-0.15, -0.1) is 0 Å². The summed E-state index contributed by atoms with van der Waals surface area (Å²) in [5, 5.41) is 4.92. The number of hydrogen-bond acceptors (Lipinski definition) is 1. The van der Waals surface area contributed by atoms with Crippen LogP contribution in [0.4, 0.5) is 17.1 Å². The maximum atomic E-state index is 2.52. The van der Waals surface area contributed by atoms with E-state index in [0.717, 1.165) is 17.1 Å². The third-order valence-corrected chi connectivity index (χ3v) is 11.4. The topological polar surface area (TPSA) is 3.24 Å². The minimum atomic E-state index is -0.141. The Hall–Kier alpha value is -6.70. The molecule has 0 aromatic heterocycles. The van der Waals surface area contributed by atoms with Crippen molar-refractivity contribution in [3.8, 4) is 44.5 Å². The lowest BCUT2D eigenvalue weighted by molar-refractivity contribution is 0.660. The van der Waals surface area contributed by atoms with Crippen molar-refractivity contribution in [2.75, 3.05) is 4.90 Å². The van der Waals surface area contributed by atoms with Gasteiger partial charge in [0.1, 0.15) is 0 Å². The van der Waals surface area contributed by atoms with Crippen LogP contribution in [0, 0.1) is 0 Å². The second-order valence-electron chi connectivity index (χ2n) is 14.9. The third-order valence-electron chi connectivity index (χ3n) is 11.4. The number of rotatable bonds is 6. The average Bonchev–Trinajstić information content (AvgIpc) is 3.46. The molecular formula is C53H39N. The van der Waals surface area contributed by atoms with E-state index in [9.17, 15) is 0 Å². The van der Waals surface area contributed by atoms with E-state index in [4.69, 9.17) is 0 Å². The highest BCUT2D eigenvalue weighted by Crippen LogP contribution is 2.53. The summed E-state index contributed by atoms with van der Waals surface area (Å²) in [6.07, 6.45) is 0. The average molecular weight is 690 g/mol. The molecule has 0 amide bonds. The van der Waals surface area contributed by atoms with E-state index < -0.39 is 0 Å². The monoisotopic (exact) mass is 689 g/mol. The van der Waals surface area contributed by atoms with Gasteiger partial charge in [-0.25, -0.2) is 0 Å². The van der Waals surface area contributed by atoms with E-state index in [0.29, 0.717) is 0 Å². The normalized spacial score (nSPS) is 12.8. The van der Waals surface area contributed by atoms with Gasteiger partial charge in [-0.3, -0.25) is 0 Å². The molecule has 1 aliphatic rings. The molecule has 256 valence electrons. The van der Waals surface area contributed by atoms with Gasteiger partial charge in [0.25, 0.3) is 0 Å². The molecule has 0 unspecified atom stereocenters. The number of anilines is 3. The zero-order valence-electron chi connectivity index (χ0n) is 30.5. The fraction of sp³-hybridized carbons (Fsp3) is 0.0566. The van der Waals surface area contributed by atoms with Crippen molar-refractivity contribution in [2.24, 2.45) is 0 Å². The molecule has 1 nitrogen and oxygen atoms in total. The van der Waals surface area contributed by atoms with Crippen LogP contribution >= 0.6 is 0 Å². The van der Waals surface area contributed by atoms with E-state index in [1.165, 1.54) is 77.2 Å². The van der Waals surface area contributed by atoms with Gasteiger partial charge in [0.05, 0.1) is 11.4 Å². The van der Waals surface area contributed by atoms with E-state index >= 15 is 0 Å². The minimum absolute atomic E-state index is 0.141. The Morgan fingerprint density at radius 3 is 1.78 bits per heavy atom. The minimum Gasteiger partial charge on any atom is -0.309 e. The van der Waals surface area contributed by atoms with Crippen LogP contribution in [0.15, 0.2) is 200 Å². The van der Waals surface area contributed by atoms with Crippen molar-refractivity contribution in [1.82, 2.24) is 0 Å². The van der Waals surface area contributed by atoms with E-state index in [-0.39, 0.29) is 5.41 Å². The first-order valence-electron chi connectivity index (χ1n) is 18.8. The maximum Gasteiger partial charge on any atom is 0.0546 e. The Morgan fingerprint density at radius 2 is 0.963 bits per heavy atom. The summed E-state index contributed by atoms with van der Waals surface area (Å²) in [4.78, 5) is 2.52. The quantitative estimate of drug-likeness (QED) is 0.168. The summed E-state index contributed by atoms with van der Waals surface area (Å²) in [6, 6.07) is 73.6. The molecule has 0 aliphatic heterocycles. The highest BCUT2D eigenvalue weighted by molar-refractivity contribution is 6.08. The van der Waals surface area contributed by atoms with Crippen LogP contribution in [-0.2, 0) is 5.41 Å². The number of fused-ring (bicyclic) bond motifs is 5. The summed E-state index contributed by atoms with van der Waals surface area (Å²) in [6.45, 7) is 4.73. The molecule has 0 spiro atoms. The predicted octanol–water partition coefficient (Wildman–Crippen LogP) is 14.8. The Labute approximate surface area is 317 Å². The standard InChI is InChI=1S/C53H39N/c1-53(2)48-24-14-13-23-45(48)46-30-29-43(35-49(46)53)54(50-31-28-41(36-15-5-3-6-16-36)34-47(50)38-18-7-4-8-19-38)51-32-27-39-20-11-12-22-44(39)52(51)42-26-25-37-17-9-10-21-40(37)33-42/h3-35H,1-2H3. The Kier molecular flexibility index (Phi) is 7.56. The molecule has 0 saturated carbocycles. The van der Waals surface area contributed by atoms with Crippen LogP contribution in [0.5, 0.6) is 0 Å². The van der Waals surface area contributed by atoms with Crippen molar-refractivity contribution < 1.29 is 0 Å². The van der Waals surface area contributed by atoms with E-state index in [1.807, 2.05) is 0 Å². The van der Waals surface area contributed by atoms with Gasteiger partial charge >= 0.3 is 0 Å². The first kappa shape index (κ1) is 32.0. The lowest BCUT2D eigenvalue weighted by Gasteiger charge is -2.32. The molecule has 0 fully saturated rings. The third kappa shape index (κ3) is 5.24. The molecule has 9 aromatic carbocycles. The van der Waals surface area contributed by atoms with Crippen LogP contribution in [-0.4, -0.2) is 0 Å². The lowest BCUT2D eigenvalue weighted by atomic mass is 9.82. The molecule has 0 atom stereocenters. The van der Waals surface area contributed by atoms with Crippen LogP contribution < -0.4 is 4.90 Å². The van der Waals surface area contributed by atoms with Gasteiger partial charge in [-0.05, 0) is 102 Å². The summed E-state index contributed by atoms with van der Waals surface area (Å²) < 4.78 is 0. The number of hydrogen-bond donors (Lipinski definition) is 0. The fourth-order valence-electron chi connectivity index (χ4n) is 8.72. The molecule has 54 heavy (non-hydrogen) atoms. The number of nitrogens with zero attached hydrogens (tertiary/aromatic N) is 1. The highest BCUT2D eigenvalue weighted by atomic mass is 15.1. The second kappa shape index (κ2) is 12.8. The Balaban J connectivity index is 1.29. The van der Waals surface area contributed by atoms with Gasteiger partial charge in [-0.2, -0.15) is 0 Å². The SMILES string of the molecule is CC1(C)c2ccccc2-c2ccc(N(c3ccc(-c4ccccc4)cc3-c3ccccc3)c3ccc4ccccc4c3-c3ccc4ccccc4c3)cc21. The van der Waals surface area contributed by atoms with E-state index in [2.05, 4.69) is 219 Å². The Bertz CT molecular complexity index is 2850. The molecule has 0 radical (unpaired) electrons. The van der Waals surface area contributed by atoms with Gasteiger partial charge in [0.15, 0.2) is 0 Å². The molecular weight excluding hydrogens is 651 g/mol. The highest BCUT2D eigenvalue weighted by Gasteiger charge is 2.36. The maximum absolute atomic E-state index is 2.52. The summed E-state index contributed by atoms with van der Waals surface area (Å²) in [5.74, 6) is 0. The lowest BCUT2D eigenvalue weighted by Crippen LogP contribution is -2.17. The molecule has 1 heteroatoms. The zero-order chi connectivity index (χ0) is 36.2. The molecule has 9 aromatic rings. The van der Waals surface area contributed by atoms with Crippen molar-refractivity contribution in [1.29, 1.82) is 0 Å². The molecule has 10 rings (SSSR count). The van der Waals surface area contributed by atoms with Crippen LogP contribution in [0.2, 0.25) is 0 Å². The predicted molar refractivity (Wildman–Crippen MR) is 230 cm³/mol. The van der Waals surface area contributed by atoms with Gasteiger partial charge in [0, 0.05) is 22.2 Å². The molecule has 0 N–H and O–H groups in total. The smallest absolute Gasteiger partial charge is 0.0546 e. The van der Waals surface area contributed by atoms with Crippen LogP contribution in [0.1, 0.15) is 25.0 Å². The van der Waals surface area contributed by atoms with Gasteiger partial charge in [0.2, 0.25) is 0 Å². The second-order valence-corrected chi connectivity index (χ2v) is 14.9. The van der Waals surface area contributed by atoms with Crippen molar-refractivity contribution in [3.63, 3.8) is 0 Å². The molecule has 0 bridgehead atoms. The molecule has 1 aliphatic carbocycles. The summed E-state index contributed by atoms with van der Waals surface area (Å²) >= 11 is 0. The van der Waals surface area contributed by atoms with Crippen LogP contribution in [0.3, 0.4) is 0 Å². The molecule has 0 heterocycles. The van der Waals surface area contributed by atoms with Gasteiger partial charge < -0.3 is 4.90 Å².